The number of carbonyl (C=O) groups excluding carboxylic acids is 2. The lowest BCUT2D eigenvalue weighted by molar-refractivity contribution is -0.149. The highest BCUT2D eigenvalue weighted by atomic mass is 32.2. The summed E-state index contributed by atoms with van der Waals surface area (Å²) in [5, 5.41) is 0.678. The molecule has 3 aromatic rings. The van der Waals surface area contributed by atoms with Gasteiger partial charge in [0.05, 0.1) is 31.9 Å². The van der Waals surface area contributed by atoms with Crippen molar-refractivity contribution in [3.63, 3.8) is 0 Å². The molecule has 0 bridgehead atoms. The maximum absolute atomic E-state index is 13.3. The summed E-state index contributed by atoms with van der Waals surface area (Å²) in [5.41, 5.74) is 3.65. The van der Waals surface area contributed by atoms with E-state index in [1.807, 2.05) is 42.5 Å². The Morgan fingerprint density at radius 1 is 0.955 bits per heavy atom. The number of hydrogen-bond acceptors (Lipinski definition) is 10. The number of thioether (sulfide) groups is 1. The van der Waals surface area contributed by atoms with Crippen molar-refractivity contribution in [3.05, 3.63) is 71.4 Å². The molecule has 2 aliphatic heterocycles. The first-order valence-electron chi connectivity index (χ1n) is 15.2. The van der Waals surface area contributed by atoms with Crippen molar-refractivity contribution >= 4 is 35.1 Å². The van der Waals surface area contributed by atoms with Crippen LogP contribution >= 0.6 is 11.8 Å². The second-order valence-electron chi connectivity index (χ2n) is 10.9. The summed E-state index contributed by atoms with van der Waals surface area (Å²) in [6, 6.07) is 17.9. The van der Waals surface area contributed by atoms with E-state index in [-0.39, 0.29) is 17.8 Å². The molecule has 11 heteroatoms. The minimum Gasteiger partial charge on any atom is -0.497 e. The predicted molar refractivity (Wildman–Crippen MR) is 171 cm³/mol. The Labute approximate surface area is 263 Å². The summed E-state index contributed by atoms with van der Waals surface area (Å²) >= 11 is 1.55. The molecule has 1 amide bonds. The van der Waals surface area contributed by atoms with Gasteiger partial charge >= 0.3 is 5.97 Å². The Morgan fingerprint density at radius 3 is 2.45 bits per heavy atom. The number of hydrogen-bond donors (Lipinski definition) is 0. The Balaban J connectivity index is 1.22. The first-order chi connectivity index (χ1) is 21.5. The van der Waals surface area contributed by atoms with E-state index in [0.29, 0.717) is 42.8 Å². The average molecular weight is 620 g/mol. The smallest absolute Gasteiger partial charge is 0.310 e. The maximum Gasteiger partial charge on any atom is 0.310 e. The van der Waals surface area contributed by atoms with Gasteiger partial charge in [0.15, 0.2) is 5.16 Å². The maximum atomic E-state index is 13.3. The number of anilines is 2. The topological polar surface area (TPSA) is 97.3 Å². The number of nitrogens with zero attached hydrogens (tertiary/aromatic N) is 5. The van der Waals surface area contributed by atoms with Crippen LogP contribution in [-0.2, 0) is 26.6 Å². The molecule has 0 aliphatic carbocycles. The fourth-order valence-corrected chi connectivity index (χ4v) is 6.45. The Morgan fingerprint density at radius 2 is 1.73 bits per heavy atom. The van der Waals surface area contributed by atoms with Crippen LogP contribution in [0.3, 0.4) is 0 Å². The molecule has 0 saturated carbocycles. The molecule has 5 rings (SSSR count). The van der Waals surface area contributed by atoms with Crippen molar-refractivity contribution in [1.29, 1.82) is 0 Å². The van der Waals surface area contributed by atoms with Crippen molar-refractivity contribution in [3.8, 4) is 5.75 Å². The van der Waals surface area contributed by atoms with Crippen LogP contribution in [0.2, 0.25) is 0 Å². The molecule has 2 aliphatic rings. The van der Waals surface area contributed by atoms with Crippen LogP contribution < -0.4 is 14.5 Å². The Bertz CT molecular complexity index is 1410. The van der Waals surface area contributed by atoms with Crippen LogP contribution in [0.1, 0.15) is 41.4 Å². The molecule has 0 radical (unpaired) electrons. The van der Waals surface area contributed by atoms with Gasteiger partial charge in [-0.15, -0.1) is 0 Å². The lowest BCUT2D eigenvalue weighted by Crippen LogP contribution is -2.46. The number of esters is 1. The van der Waals surface area contributed by atoms with Crippen molar-refractivity contribution in [2.75, 3.05) is 69.9 Å². The molecule has 1 aromatic heterocycles. The van der Waals surface area contributed by atoms with Crippen molar-refractivity contribution in [2.24, 2.45) is 5.92 Å². The third kappa shape index (κ3) is 8.00. The molecule has 44 heavy (non-hydrogen) atoms. The molecule has 0 unspecified atom stereocenters. The zero-order chi connectivity index (χ0) is 30.9. The summed E-state index contributed by atoms with van der Waals surface area (Å²) in [7, 11) is 3.35. The number of benzene rings is 2. The molecule has 3 heterocycles. The number of likely N-dealkylation sites (tertiary alicyclic amines) is 1. The number of aromatic nitrogens is 2. The van der Waals surface area contributed by atoms with E-state index < -0.39 is 0 Å². The Hall–Kier alpha value is -3.83. The molecule has 0 spiro atoms. The first kappa shape index (κ1) is 31.6. The highest BCUT2D eigenvalue weighted by molar-refractivity contribution is 7.98. The highest BCUT2D eigenvalue weighted by Gasteiger charge is 2.30. The fraction of sp³-hybridized carbons (Fsp3) is 0.455. The van der Waals surface area contributed by atoms with Crippen LogP contribution in [0.5, 0.6) is 5.75 Å². The van der Waals surface area contributed by atoms with Gasteiger partial charge in [-0.05, 0) is 61.7 Å². The molecular weight excluding hydrogens is 578 g/mol. The first-order valence-corrected chi connectivity index (χ1v) is 16.1. The van der Waals surface area contributed by atoms with Crippen LogP contribution in [0.4, 0.5) is 11.5 Å². The van der Waals surface area contributed by atoms with Gasteiger partial charge in [0, 0.05) is 69.4 Å². The van der Waals surface area contributed by atoms with Gasteiger partial charge in [-0.3, -0.25) is 9.59 Å². The molecule has 2 saturated heterocycles. The zero-order valence-corrected chi connectivity index (χ0v) is 26.6. The van der Waals surface area contributed by atoms with Crippen molar-refractivity contribution in [1.82, 2.24) is 14.9 Å². The minimum absolute atomic E-state index is 0.0553. The van der Waals surface area contributed by atoms with Gasteiger partial charge in [0.1, 0.15) is 11.6 Å². The van der Waals surface area contributed by atoms with Gasteiger partial charge in [0.2, 0.25) is 0 Å². The van der Waals surface area contributed by atoms with E-state index in [4.69, 9.17) is 24.2 Å². The normalized spacial score (nSPS) is 17.0. The van der Waals surface area contributed by atoms with E-state index in [1.165, 1.54) is 5.69 Å². The Kier molecular flexibility index (Phi) is 11.0. The summed E-state index contributed by atoms with van der Waals surface area (Å²) in [6.07, 6.45) is 1.54. The number of ether oxygens (including phenoxy) is 3. The highest BCUT2D eigenvalue weighted by Crippen LogP contribution is 2.27. The molecule has 1 atom stereocenters. The quantitative estimate of drug-likeness (QED) is 0.171. The largest absolute Gasteiger partial charge is 0.497 e. The number of amides is 1. The van der Waals surface area contributed by atoms with Crippen molar-refractivity contribution in [2.45, 2.75) is 37.3 Å². The monoisotopic (exact) mass is 619 g/mol. The van der Waals surface area contributed by atoms with Gasteiger partial charge in [-0.25, -0.2) is 9.97 Å². The summed E-state index contributed by atoms with van der Waals surface area (Å²) in [4.78, 5) is 41.7. The third-order valence-electron chi connectivity index (χ3n) is 7.95. The summed E-state index contributed by atoms with van der Waals surface area (Å²) in [6.45, 7) is 7.06. The van der Waals surface area contributed by atoms with E-state index >= 15 is 0 Å². The van der Waals surface area contributed by atoms with E-state index in [1.54, 1.807) is 37.8 Å². The second-order valence-corrected chi connectivity index (χ2v) is 11.9. The number of methoxy groups -OCH3 is 2. The van der Waals surface area contributed by atoms with Crippen LogP contribution in [0, 0.1) is 5.92 Å². The third-order valence-corrected chi connectivity index (χ3v) is 8.87. The van der Waals surface area contributed by atoms with Gasteiger partial charge in [0.25, 0.3) is 5.91 Å². The molecule has 2 fully saturated rings. The molecular formula is C33H41N5O5S. The zero-order valence-electron chi connectivity index (χ0n) is 25.7. The van der Waals surface area contributed by atoms with Gasteiger partial charge < -0.3 is 28.9 Å². The molecule has 234 valence electrons. The van der Waals surface area contributed by atoms with Crippen LogP contribution in [0.15, 0.2) is 59.8 Å². The standard InChI is InChI=1S/C33H41N5O5S/c1-4-43-32(40)26-9-6-14-38(21-26)31(39)25-8-5-7-24(19-25)23-44-33-34-27(22-41-2)20-30(35-33)37-17-15-36(16-18-37)28-10-12-29(42-3)13-11-28/h5,7-8,10-13,19-20,26H,4,6,9,14-18,21-23H2,1-3H3/t26-/m0/s1. The van der Waals surface area contributed by atoms with Gasteiger partial charge in [-0.1, -0.05) is 23.9 Å². The van der Waals surface area contributed by atoms with E-state index in [0.717, 1.165) is 61.8 Å². The lowest BCUT2D eigenvalue weighted by Gasteiger charge is -2.37. The van der Waals surface area contributed by atoms with E-state index in [2.05, 4.69) is 21.9 Å². The number of carbonyl (C=O) groups is 2. The fourth-order valence-electron chi connectivity index (χ4n) is 5.63. The SMILES string of the molecule is CCOC(=O)[C@H]1CCCN(C(=O)c2cccc(CSc3nc(COC)cc(N4CCN(c5ccc(OC)cc5)CC4)n3)c2)C1. The number of rotatable bonds is 11. The second kappa shape index (κ2) is 15.3. The average Bonchev–Trinajstić information content (AvgIpc) is 3.07. The van der Waals surface area contributed by atoms with Crippen LogP contribution in [-0.4, -0.2) is 86.8 Å². The lowest BCUT2D eigenvalue weighted by atomic mass is 9.97. The molecule has 0 N–H and O–H groups in total. The van der Waals surface area contributed by atoms with Gasteiger partial charge in [-0.2, -0.15) is 0 Å². The number of piperazine rings is 1. The molecule has 10 nitrogen and oxygen atoms in total. The van der Waals surface area contributed by atoms with E-state index in [9.17, 15) is 9.59 Å². The van der Waals surface area contributed by atoms with Crippen molar-refractivity contribution < 1.29 is 23.8 Å². The van der Waals surface area contributed by atoms with Crippen LogP contribution in [0.25, 0.3) is 0 Å². The summed E-state index contributed by atoms with van der Waals surface area (Å²) in [5.74, 6) is 1.84. The number of piperidine rings is 1. The minimum atomic E-state index is -0.262. The molecule has 2 aromatic carbocycles. The predicted octanol–water partition coefficient (Wildman–Crippen LogP) is 4.67. The summed E-state index contributed by atoms with van der Waals surface area (Å²) < 4.78 is 15.9.